The third-order valence-corrected chi connectivity index (χ3v) is 8.64. The zero-order chi connectivity index (χ0) is 26.4. The van der Waals surface area contributed by atoms with Crippen LogP contribution in [0.5, 0.6) is 0 Å². The summed E-state index contributed by atoms with van der Waals surface area (Å²) in [5.74, 6) is 1.88. The van der Waals surface area contributed by atoms with Gasteiger partial charge < -0.3 is 14.5 Å². The molecular weight excluding hydrogens is 476 g/mol. The molecule has 2 aliphatic carbocycles. The van der Waals surface area contributed by atoms with Crippen molar-refractivity contribution in [3.05, 3.63) is 75.7 Å². The lowest BCUT2D eigenvalue weighted by molar-refractivity contribution is 0.102. The van der Waals surface area contributed by atoms with Crippen molar-refractivity contribution in [2.75, 3.05) is 18.4 Å². The summed E-state index contributed by atoms with van der Waals surface area (Å²) in [4.78, 5) is 29.3. The second-order valence-corrected chi connectivity index (χ2v) is 12.1. The Balaban J connectivity index is 1.27. The van der Waals surface area contributed by atoms with Crippen LogP contribution in [-0.2, 0) is 19.0 Å². The zero-order valence-electron chi connectivity index (χ0n) is 22.7. The van der Waals surface area contributed by atoms with E-state index in [0.29, 0.717) is 17.5 Å². The normalized spacial score (nSPS) is 25.7. The number of likely N-dealkylation sites (tertiary alicyclic amines) is 1. The van der Waals surface area contributed by atoms with Gasteiger partial charge in [-0.05, 0) is 86.2 Å². The fraction of sp³-hybridized carbons (Fsp3) is 0.533. The molecule has 1 N–H and O–H groups in total. The minimum atomic E-state index is -0.343. The number of nitrogens with one attached hydrogen (secondary N) is 1. The molecule has 1 aromatic carbocycles. The van der Waals surface area contributed by atoms with Gasteiger partial charge in [-0.1, -0.05) is 26.0 Å². The van der Waals surface area contributed by atoms with E-state index < -0.39 is 0 Å². The van der Waals surface area contributed by atoms with E-state index >= 15 is 0 Å². The number of hydrogen-bond acceptors (Lipinski definition) is 5. The van der Waals surface area contributed by atoms with Crippen LogP contribution < -0.4 is 10.9 Å². The highest BCUT2D eigenvalue weighted by Gasteiger charge is 2.48. The molecule has 6 rings (SSSR count). The molecule has 2 saturated carbocycles. The van der Waals surface area contributed by atoms with Gasteiger partial charge in [0.25, 0.3) is 11.5 Å². The molecule has 1 atom stereocenters. The van der Waals surface area contributed by atoms with Crippen molar-refractivity contribution in [1.82, 2.24) is 24.2 Å². The highest BCUT2D eigenvalue weighted by molar-refractivity contribution is 6.04. The van der Waals surface area contributed by atoms with Crippen molar-refractivity contribution >= 4 is 11.6 Å². The van der Waals surface area contributed by atoms with Crippen LogP contribution in [0.2, 0.25) is 0 Å². The molecule has 3 aliphatic rings. The summed E-state index contributed by atoms with van der Waals surface area (Å²) in [6, 6.07) is 10.0. The number of anilines is 1. The number of nitrogens with zero attached hydrogens (tertiary/aromatic N) is 5. The number of rotatable bonds is 7. The van der Waals surface area contributed by atoms with Crippen LogP contribution in [0.15, 0.2) is 47.7 Å². The summed E-state index contributed by atoms with van der Waals surface area (Å²) in [7, 11) is 1.98. The first-order chi connectivity index (χ1) is 18.3. The molecule has 0 bridgehead atoms. The predicted octanol–water partition coefficient (Wildman–Crippen LogP) is 4.51. The number of piperidine rings is 1. The lowest BCUT2D eigenvalue weighted by Crippen LogP contribution is -2.43. The minimum Gasteiger partial charge on any atom is -0.322 e. The summed E-state index contributed by atoms with van der Waals surface area (Å²) in [6.07, 6.45) is 10.2. The molecule has 3 heterocycles. The summed E-state index contributed by atoms with van der Waals surface area (Å²) in [5.41, 5.74) is 2.67. The van der Waals surface area contributed by atoms with Gasteiger partial charge in [0.15, 0.2) is 0 Å². The number of pyridine rings is 1. The van der Waals surface area contributed by atoms with Crippen molar-refractivity contribution in [2.45, 2.75) is 70.4 Å². The Morgan fingerprint density at radius 2 is 1.95 bits per heavy atom. The van der Waals surface area contributed by atoms with E-state index in [0.717, 1.165) is 62.3 Å². The molecule has 38 heavy (non-hydrogen) atoms. The van der Waals surface area contributed by atoms with Gasteiger partial charge in [0, 0.05) is 38.1 Å². The predicted molar refractivity (Wildman–Crippen MR) is 147 cm³/mol. The molecule has 0 radical (unpaired) electrons. The quantitative estimate of drug-likeness (QED) is 0.501. The highest BCUT2D eigenvalue weighted by atomic mass is 16.2. The van der Waals surface area contributed by atoms with Crippen molar-refractivity contribution in [3.63, 3.8) is 0 Å². The summed E-state index contributed by atoms with van der Waals surface area (Å²) in [6.45, 7) is 7.44. The molecule has 1 saturated heterocycles. The Labute approximate surface area is 224 Å². The van der Waals surface area contributed by atoms with E-state index in [2.05, 4.69) is 40.3 Å². The SMILES string of the molecule is CC1CC(c2cccc(NC(=O)c3cc(CN4CCC[C@H](C)C4)cn(C4CC4)c3=O)c2)(c2nncn2C)C1. The maximum Gasteiger partial charge on any atom is 0.263 e. The topological polar surface area (TPSA) is 85.1 Å². The smallest absolute Gasteiger partial charge is 0.263 e. The number of carbonyl (C=O) groups excluding carboxylic acids is 1. The molecule has 0 spiro atoms. The molecule has 1 amide bonds. The molecule has 2 aromatic heterocycles. The lowest BCUT2D eigenvalue weighted by Gasteiger charge is -2.46. The molecular formula is C30H38N6O2. The van der Waals surface area contributed by atoms with Gasteiger partial charge in [-0.3, -0.25) is 14.5 Å². The van der Waals surface area contributed by atoms with Crippen molar-refractivity contribution in [3.8, 4) is 0 Å². The standard InChI is InChI=1S/C30H38N6O2/c1-20-6-5-11-35(16-20)17-22-12-26(28(38)36(18-22)25-9-10-25)27(37)32-24-8-4-7-23(13-24)30(14-21(2)15-30)29-33-31-19-34(29)3/h4,7-8,12-13,18-21,25H,5-6,9-11,14-17H2,1-3H3,(H,32,37)/t20-,21?,30?/m0/s1. The van der Waals surface area contributed by atoms with Gasteiger partial charge in [0.05, 0.1) is 5.41 Å². The largest absolute Gasteiger partial charge is 0.322 e. The second-order valence-electron chi connectivity index (χ2n) is 12.1. The average molecular weight is 515 g/mol. The van der Waals surface area contributed by atoms with Gasteiger partial charge >= 0.3 is 0 Å². The Hall–Kier alpha value is -3.26. The summed E-state index contributed by atoms with van der Waals surface area (Å²) < 4.78 is 3.79. The Bertz CT molecular complexity index is 1400. The van der Waals surface area contributed by atoms with Crippen LogP contribution in [-0.4, -0.2) is 43.2 Å². The van der Waals surface area contributed by atoms with Crippen LogP contribution in [0.25, 0.3) is 0 Å². The van der Waals surface area contributed by atoms with Crippen molar-refractivity contribution < 1.29 is 4.79 Å². The number of aryl methyl sites for hydroxylation is 1. The third-order valence-electron chi connectivity index (χ3n) is 8.64. The van der Waals surface area contributed by atoms with Gasteiger partial charge in [-0.2, -0.15) is 0 Å². The molecule has 8 heteroatoms. The molecule has 1 aliphatic heterocycles. The van der Waals surface area contributed by atoms with E-state index in [9.17, 15) is 9.59 Å². The molecule has 8 nitrogen and oxygen atoms in total. The van der Waals surface area contributed by atoms with Crippen LogP contribution in [0.3, 0.4) is 0 Å². The summed E-state index contributed by atoms with van der Waals surface area (Å²) in [5, 5.41) is 11.6. The van der Waals surface area contributed by atoms with Gasteiger partial charge in [-0.15, -0.1) is 10.2 Å². The second kappa shape index (κ2) is 9.80. The van der Waals surface area contributed by atoms with Crippen molar-refractivity contribution in [2.24, 2.45) is 18.9 Å². The number of hydrogen-bond donors (Lipinski definition) is 1. The maximum atomic E-state index is 13.5. The van der Waals surface area contributed by atoms with Crippen LogP contribution in [0.1, 0.15) is 85.7 Å². The van der Waals surface area contributed by atoms with Gasteiger partial charge in [-0.25, -0.2) is 0 Å². The molecule has 3 aromatic rings. The van der Waals surface area contributed by atoms with Gasteiger partial charge in [0.1, 0.15) is 17.7 Å². The number of amides is 1. The van der Waals surface area contributed by atoms with E-state index in [1.54, 1.807) is 10.9 Å². The Morgan fingerprint density at radius 3 is 2.63 bits per heavy atom. The van der Waals surface area contributed by atoms with Crippen LogP contribution >= 0.6 is 0 Å². The molecule has 0 unspecified atom stereocenters. The van der Waals surface area contributed by atoms with E-state index in [1.807, 2.05) is 42.1 Å². The van der Waals surface area contributed by atoms with Crippen molar-refractivity contribution in [1.29, 1.82) is 0 Å². The maximum absolute atomic E-state index is 13.5. The van der Waals surface area contributed by atoms with Crippen LogP contribution in [0.4, 0.5) is 5.69 Å². The first-order valence-corrected chi connectivity index (χ1v) is 14.1. The lowest BCUT2D eigenvalue weighted by atomic mass is 9.58. The fourth-order valence-electron chi connectivity index (χ4n) is 6.71. The number of aromatic nitrogens is 4. The fourth-order valence-corrected chi connectivity index (χ4v) is 6.71. The third kappa shape index (κ3) is 4.70. The monoisotopic (exact) mass is 514 g/mol. The first-order valence-electron chi connectivity index (χ1n) is 14.1. The Morgan fingerprint density at radius 1 is 1.13 bits per heavy atom. The first kappa shape index (κ1) is 25.0. The number of benzene rings is 1. The number of carbonyl (C=O) groups is 1. The van der Waals surface area contributed by atoms with E-state index in [1.165, 1.54) is 12.8 Å². The Kier molecular flexibility index (Phi) is 6.46. The molecule has 3 fully saturated rings. The highest BCUT2D eigenvalue weighted by Crippen LogP contribution is 2.51. The summed E-state index contributed by atoms with van der Waals surface area (Å²) >= 11 is 0. The minimum absolute atomic E-state index is 0.194. The van der Waals surface area contributed by atoms with E-state index in [4.69, 9.17) is 0 Å². The molecule has 200 valence electrons. The average Bonchev–Trinajstić information content (AvgIpc) is 3.63. The van der Waals surface area contributed by atoms with Gasteiger partial charge in [0.2, 0.25) is 0 Å². The zero-order valence-corrected chi connectivity index (χ0v) is 22.7. The van der Waals surface area contributed by atoms with Crippen LogP contribution in [0, 0.1) is 11.8 Å². The van der Waals surface area contributed by atoms with E-state index in [-0.39, 0.29) is 28.5 Å².